The lowest BCUT2D eigenvalue weighted by Crippen LogP contribution is -2.59. The molecule has 106 valence electrons. The van der Waals surface area contributed by atoms with E-state index in [0.29, 0.717) is 19.1 Å². The first kappa shape index (κ1) is 15.4. The van der Waals surface area contributed by atoms with Crippen molar-refractivity contribution in [1.82, 2.24) is 5.32 Å². The Morgan fingerprint density at radius 3 is 2.50 bits per heavy atom. The minimum atomic E-state index is -0.547. The number of esters is 1. The number of rotatable bonds is 5. The molecular formula is C14H27NO3. The van der Waals surface area contributed by atoms with Gasteiger partial charge in [-0.2, -0.15) is 0 Å². The van der Waals surface area contributed by atoms with Gasteiger partial charge in [0.15, 0.2) is 0 Å². The molecule has 1 aliphatic rings. The molecule has 0 aromatic carbocycles. The van der Waals surface area contributed by atoms with Gasteiger partial charge < -0.3 is 9.47 Å². The zero-order valence-electron chi connectivity index (χ0n) is 12.3. The summed E-state index contributed by atoms with van der Waals surface area (Å²) in [6, 6.07) is 0. The second-order valence-electron chi connectivity index (χ2n) is 6.35. The summed E-state index contributed by atoms with van der Waals surface area (Å²) in [6.45, 7) is 7.93. The van der Waals surface area contributed by atoms with Crippen molar-refractivity contribution in [3.63, 3.8) is 0 Å². The lowest BCUT2D eigenvalue weighted by Gasteiger charge is -2.46. The molecule has 1 N–H and O–H groups in total. The molecule has 2 unspecified atom stereocenters. The third-order valence-corrected chi connectivity index (χ3v) is 3.72. The highest BCUT2D eigenvalue weighted by Gasteiger charge is 2.48. The van der Waals surface area contributed by atoms with Gasteiger partial charge in [0, 0.05) is 13.7 Å². The largest absolute Gasteiger partial charge is 0.468 e. The number of carbonyl (C=O) groups excluding carboxylic acids is 1. The Labute approximate surface area is 110 Å². The summed E-state index contributed by atoms with van der Waals surface area (Å²) in [4.78, 5) is 12.2. The number of carbonyl (C=O) groups is 1. The molecule has 0 heterocycles. The van der Waals surface area contributed by atoms with Gasteiger partial charge >= 0.3 is 5.97 Å². The van der Waals surface area contributed by atoms with Crippen LogP contribution in [0.15, 0.2) is 0 Å². The first-order valence-corrected chi connectivity index (χ1v) is 6.68. The van der Waals surface area contributed by atoms with Gasteiger partial charge in [-0.25, -0.2) is 0 Å². The molecule has 2 atom stereocenters. The van der Waals surface area contributed by atoms with Gasteiger partial charge in [-0.1, -0.05) is 20.8 Å². The lowest BCUT2D eigenvalue weighted by atomic mass is 9.64. The van der Waals surface area contributed by atoms with Gasteiger partial charge in [0.25, 0.3) is 0 Å². The number of nitrogens with one attached hydrogen (secondary N) is 1. The Bertz CT molecular complexity index is 291. The van der Waals surface area contributed by atoms with Crippen molar-refractivity contribution < 1.29 is 14.3 Å². The summed E-state index contributed by atoms with van der Waals surface area (Å²) >= 11 is 0. The summed E-state index contributed by atoms with van der Waals surface area (Å²) in [5, 5.41) is 3.37. The molecule has 0 amide bonds. The van der Waals surface area contributed by atoms with Gasteiger partial charge in [0.05, 0.1) is 13.7 Å². The summed E-state index contributed by atoms with van der Waals surface area (Å²) in [7, 11) is 3.13. The molecular weight excluding hydrogens is 230 g/mol. The Morgan fingerprint density at radius 2 is 2.00 bits per heavy atom. The third-order valence-electron chi connectivity index (χ3n) is 3.72. The fraction of sp³-hybridized carbons (Fsp3) is 0.929. The highest BCUT2D eigenvalue weighted by atomic mass is 16.5. The van der Waals surface area contributed by atoms with Crippen molar-refractivity contribution in [3.8, 4) is 0 Å². The van der Waals surface area contributed by atoms with E-state index in [2.05, 4.69) is 26.1 Å². The zero-order chi connectivity index (χ0) is 13.8. The van der Waals surface area contributed by atoms with Gasteiger partial charge in [0.2, 0.25) is 0 Å². The Kier molecular flexibility index (Phi) is 5.17. The number of methoxy groups -OCH3 is 2. The van der Waals surface area contributed by atoms with Crippen molar-refractivity contribution in [1.29, 1.82) is 0 Å². The average Bonchev–Trinajstić information content (AvgIpc) is 2.25. The van der Waals surface area contributed by atoms with E-state index in [-0.39, 0.29) is 11.4 Å². The van der Waals surface area contributed by atoms with Crippen LogP contribution in [0, 0.1) is 11.3 Å². The van der Waals surface area contributed by atoms with Crippen LogP contribution in [0.4, 0.5) is 0 Å². The Hall–Kier alpha value is -0.610. The van der Waals surface area contributed by atoms with Crippen molar-refractivity contribution in [2.75, 3.05) is 27.4 Å². The van der Waals surface area contributed by atoms with Gasteiger partial charge in [-0.15, -0.1) is 0 Å². The van der Waals surface area contributed by atoms with Gasteiger partial charge in [-0.3, -0.25) is 10.1 Å². The van der Waals surface area contributed by atoms with Gasteiger partial charge in [-0.05, 0) is 30.6 Å². The number of hydrogen-bond acceptors (Lipinski definition) is 4. The molecule has 0 aromatic heterocycles. The minimum absolute atomic E-state index is 0.141. The normalized spacial score (nSPS) is 31.1. The predicted molar refractivity (Wildman–Crippen MR) is 71.4 cm³/mol. The molecule has 18 heavy (non-hydrogen) atoms. The molecule has 0 bridgehead atoms. The van der Waals surface area contributed by atoms with Crippen LogP contribution in [0.3, 0.4) is 0 Å². The molecule has 4 heteroatoms. The van der Waals surface area contributed by atoms with Crippen LogP contribution >= 0.6 is 0 Å². The maximum Gasteiger partial charge on any atom is 0.326 e. The maximum atomic E-state index is 12.2. The highest BCUT2D eigenvalue weighted by molar-refractivity contribution is 5.81. The van der Waals surface area contributed by atoms with Crippen LogP contribution in [0.1, 0.15) is 40.0 Å². The summed E-state index contributed by atoms with van der Waals surface area (Å²) < 4.78 is 10.1. The molecule has 0 radical (unpaired) electrons. The molecule has 1 rings (SSSR count). The quantitative estimate of drug-likeness (QED) is 0.604. The van der Waals surface area contributed by atoms with Crippen LogP contribution in [0.2, 0.25) is 0 Å². The van der Waals surface area contributed by atoms with Crippen molar-refractivity contribution in [2.45, 2.75) is 45.6 Å². The minimum Gasteiger partial charge on any atom is -0.468 e. The fourth-order valence-corrected chi connectivity index (χ4v) is 3.52. The first-order chi connectivity index (χ1) is 8.35. The van der Waals surface area contributed by atoms with Crippen LogP contribution < -0.4 is 5.32 Å². The molecule has 4 nitrogen and oxygen atoms in total. The highest BCUT2D eigenvalue weighted by Crippen LogP contribution is 2.44. The van der Waals surface area contributed by atoms with Crippen LogP contribution in [0.5, 0.6) is 0 Å². The second-order valence-corrected chi connectivity index (χ2v) is 6.35. The SMILES string of the molecule is COCCNC1(C(=O)OC)CC(C)CC(C)(C)C1. The van der Waals surface area contributed by atoms with Gasteiger partial charge in [0.1, 0.15) is 5.54 Å². The maximum absolute atomic E-state index is 12.2. The van der Waals surface area contributed by atoms with E-state index < -0.39 is 5.54 Å². The Morgan fingerprint density at radius 1 is 1.33 bits per heavy atom. The predicted octanol–water partition coefficient (Wildman–Crippen LogP) is 1.98. The smallest absolute Gasteiger partial charge is 0.326 e. The molecule has 0 aromatic rings. The molecule has 0 spiro atoms. The Balaban J connectivity index is 2.85. The van der Waals surface area contributed by atoms with Crippen LogP contribution in [-0.2, 0) is 14.3 Å². The van der Waals surface area contributed by atoms with Crippen molar-refractivity contribution in [2.24, 2.45) is 11.3 Å². The molecule has 1 fully saturated rings. The molecule has 1 saturated carbocycles. The standard InChI is InChI=1S/C14H27NO3/c1-11-8-13(2,3)10-14(9-11,12(16)18-5)15-6-7-17-4/h11,15H,6-10H2,1-5H3. The second kappa shape index (κ2) is 6.02. The average molecular weight is 257 g/mol. The van der Waals surface area contributed by atoms with E-state index in [0.717, 1.165) is 19.3 Å². The van der Waals surface area contributed by atoms with Crippen molar-refractivity contribution >= 4 is 5.97 Å². The number of hydrogen-bond donors (Lipinski definition) is 1. The van der Waals surface area contributed by atoms with Crippen LogP contribution in [0.25, 0.3) is 0 Å². The van der Waals surface area contributed by atoms with E-state index in [1.54, 1.807) is 7.11 Å². The first-order valence-electron chi connectivity index (χ1n) is 6.68. The number of ether oxygens (including phenoxy) is 2. The van der Waals surface area contributed by atoms with E-state index in [1.807, 2.05) is 0 Å². The van der Waals surface area contributed by atoms with E-state index in [9.17, 15) is 4.79 Å². The lowest BCUT2D eigenvalue weighted by molar-refractivity contribution is -0.153. The topological polar surface area (TPSA) is 47.6 Å². The van der Waals surface area contributed by atoms with E-state index in [1.165, 1.54) is 7.11 Å². The van der Waals surface area contributed by atoms with E-state index >= 15 is 0 Å². The molecule has 0 aliphatic heterocycles. The fourth-order valence-electron chi connectivity index (χ4n) is 3.52. The van der Waals surface area contributed by atoms with E-state index in [4.69, 9.17) is 9.47 Å². The zero-order valence-corrected chi connectivity index (χ0v) is 12.3. The summed E-state index contributed by atoms with van der Waals surface area (Å²) in [5.74, 6) is 0.376. The molecule has 1 aliphatic carbocycles. The molecule has 0 saturated heterocycles. The monoisotopic (exact) mass is 257 g/mol. The third kappa shape index (κ3) is 3.69. The van der Waals surface area contributed by atoms with Crippen molar-refractivity contribution in [3.05, 3.63) is 0 Å². The summed E-state index contributed by atoms with van der Waals surface area (Å²) in [6.07, 6.45) is 2.81. The summed E-state index contributed by atoms with van der Waals surface area (Å²) in [5.41, 5.74) is -0.389. The van der Waals surface area contributed by atoms with Crippen LogP contribution in [-0.4, -0.2) is 38.9 Å².